The van der Waals surface area contributed by atoms with E-state index >= 15 is 0 Å². The fourth-order valence-corrected chi connectivity index (χ4v) is 10.9. The van der Waals surface area contributed by atoms with Gasteiger partial charge >= 0.3 is 53.7 Å². The summed E-state index contributed by atoms with van der Waals surface area (Å²) in [5.41, 5.74) is -0.311. The van der Waals surface area contributed by atoms with Gasteiger partial charge in [-0.1, -0.05) is 159 Å². The largest absolute Gasteiger partial charge is 0.462 e. The molecule has 0 spiro atoms. The zero-order chi connectivity index (χ0) is 76.0. The van der Waals surface area contributed by atoms with Crippen LogP contribution in [0.5, 0.6) is 0 Å². The summed E-state index contributed by atoms with van der Waals surface area (Å²) in [5, 5.41) is 48.5. The second-order valence-electron chi connectivity index (χ2n) is 24.1. The summed E-state index contributed by atoms with van der Waals surface area (Å²) in [6.45, 7) is 3.26. The molecule has 7 aromatic carbocycles. The molecule has 562 valence electrons. The van der Waals surface area contributed by atoms with Crippen molar-refractivity contribution in [3.8, 4) is 0 Å². The molecule has 0 saturated carbocycles. The smallest absolute Gasteiger partial charge is 0.338 e. The van der Waals surface area contributed by atoms with Gasteiger partial charge in [-0.05, 0) is 104 Å². The lowest BCUT2D eigenvalue weighted by Crippen LogP contribution is -2.57. The van der Waals surface area contributed by atoms with Crippen LogP contribution in [0.3, 0.4) is 0 Å². The highest BCUT2D eigenvalue weighted by Gasteiger charge is 2.49. The average molecular weight is 1460 g/mol. The molecule has 12 unspecified atom stereocenters. The number of hydrogen-bond donors (Lipinski definition) is 4. The molecule has 12 atom stereocenters. The predicted octanol–water partition coefficient (Wildman–Crippen LogP) is 10.5. The first kappa shape index (κ1) is 82.5. The van der Waals surface area contributed by atoms with Gasteiger partial charge in [-0.25, -0.2) is 33.6 Å². The van der Waals surface area contributed by atoms with Crippen LogP contribution in [0.25, 0.3) is 0 Å². The Morgan fingerprint density at radius 3 is 0.981 bits per heavy atom. The molecule has 0 amide bonds. The third kappa shape index (κ3) is 27.0. The Balaban J connectivity index is 1.34. The molecular weight excluding hydrogens is 1370 g/mol. The van der Waals surface area contributed by atoms with E-state index in [1.54, 1.807) is 66.7 Å². The van der Waals surface area contributed by atoms with Crippen LogP contribution in [0.4, 0.5) is 0 Å². The molecule has 0 saturated heterocycles. The summed E-state index contributed by atoms with van der Waals surface area (Å²) in [7, 11) is 0. The van der Waals surface area contributed by atoms with Gasteiger partial charge in [-0.3, -0.25) is 9.59 Å². The lowest BCUT2D eigenvalue weighted by molar-refractivity contribution is -0.280. The molecule has 0 aliphatic heterocycles. The Hall–Kier alpha value is -10.8. The van der Waals surface area contributed by atoms with Gasteiger partial charge in [0.25, 0.3) is 0 Å². The van der Waals surface area contributed by atoms with Crippen LogP contribution in [0.15, 0.2) is 225 Å². The lowest BCUT2D eigenvalue weighted by atomic mass is 10.0. The van der Waals surface area contributed by atoms with E-state index in [-0.39, 0.29) is 45.6 Å². The van der Waals surface area contributed by atoms with Crippen LogP contribution in [0, 0.1) is 0 Å². The van der Waals surface area contributed by atoms with E-state index in [1.807, 2.05) is 6.08 Å². The normalized spacial score (nSPS) is 14.5. The Kier molecular flexibility index (Phi) is 34.9. The van der Waals surface area contributed by atoms with E-state index in [4.69, 9.17) is 56.8 Å². The van der Waals surface area contributed by atoms with Crippen molar-refractivity contribution in [2.75, 3.05) is 26.4 Å². The third-order valence-electron chi connectivity index (χ3n) is 16.2. The first-order valence-electron chi connectivity index (χ1n) is 34.6. The zero-order valence-electron chi connectivity index (χ0n) is 58.7. The fraction of sp³-hybridized carbons (Fsp3) is 0.346. The molecule has 0 bridgehead atoms. The quantitative estimate of drug-likeness (QED) is 0.00906. The van der Waals surface area contributed by atoms with E-state index in [1.165, 1.54) is 146 Å². The van der Waals surface area contributed by atoms with Gasteiger partial charge in [0.1, 0.15) is 24.4 Å². The van der Waals surface area contributed by atoms with Crippen molar-refractivity contribution in [1.29, 1.82) is 0 Å². The number of ether oxygens (including phenoxy) is 12. The number of esters is 9. The molecule has 0 heterocycles. The van der Waals surface area contributed by atoms with E-state index < -0.39 is 167 Å². The number of carbonyl (C=O) groups excluding carboxylic acids is 9. The molecule has 106 heavy (non-hydrogen) atoms. The average Bonchev–Trinajstić information content (AvgIpc) is 0.806. The highest BCUT2D eigenvalue weighted by Crippen LogP contribution is 2.30. The topological polar surface area (TPSA) is 345 Å². The van der Waals surface area contributed by atoms with Crippen molar-refractivity contribution >= 4 is 53.7 Å². The number of rotatable bonds is 45. The van der Waals surface area contributed by atoms with Crippen LogP contribution >= 0.6 is 0 Å². The summed E-state index contributed by atoms with van der Waals surface area (Å²) in [6, 6.07) is 52.2. The van der Waals surface area contributed by atoms with Crippen molar-refractivity contribution in [2.24, 2.45) is 0 Å². The maximum absolute atomic E-state index is 14.5. The summed E-state index contributed by atoms with van der Waals surface area (Å²) in [5.74, 6) is -9.67. The minimum atomic E-state index is -2.73. The van der Waals surface area contributed by atoms with Crippen LogP contribution in [0.1, 0.15) is 151 Å². The Labute approximate surface area is 613 Å². The molecule has 0 fully saturated rings. The van der Waals surface area contributed by atoms with E-state index in [0.29, 0.717) is 12.8 Å². The zero-order valence-corrected chi connectivity index (χ0v) is 58.7. The molecule has 7 aromatic rings. The standard InChI is InChI=1S/C81H88O25/c1-4-5-6-7-8-9-10-32-51-95-79(92)69(99-55(3)84)67(104-81(94)71(106-78(91)62-45-30-17-31-46-62)66(102-75(88)59-39-24-14-25-40-59)63(47-50-82)100-73(86)57-35-20-12-21-36-57)64(98-54(2)83)48-53-97-80(93)70(105-77(90)61-43-28-16-29-44-61)68(103-76(89)60-41-26-15-27-42-60)65(101-74(87)58-37-22-13-23-38-58)49-52-96-72(85)56-33-18-11-19-34-56/h4,11-31,33-46,63-71,79-82,92-94H,1,5-10,32,47-53H2,2-3H3. The summed E-state index contributed by atoms with van der Waals surface area (Å²) >= 11 is 0. The molecular formula is C81H88O25. The van der Waals surface area contributed by atoms with Crippen LogP contribution in [-0.4, -0.2) is 174 Å². The number of allylic oxidation sites excluding steroid dienone is 1. The van der Waals surface area contributed by atoms with Crippen molar-refractivity contribution in [3.05, 3.63) is 264 Å². The van der Waals surface area contributed by atoms with Crippen molar-refractivity contribution in [3.63, 3.8) is 0 Å². The molecule has 25 heteroatoms. The summed E-state index contributed by atoms with van der Waals surface area (Å²) in [6.07, 6.45) is -21.1. The molecule has 0 aliphatic carbocycles. The molecule has 4 N–H and O–H groups in total. The van der Waals surface area contributed by atoms with Crippen LogP contribution in [-0.2, 0) is 66.4 Å². The number of carbonyl (C=O) groups is 9. The Bertz CT molecular complexity index is 3830. The second-order valence-corrected chi connectivity index (χ2v) is 24.1. The van der Waals surface area contributed by atoms with Crippen molar-refractivity contribution in [2.45, 2.75) is 152 Å². The maximum Gasteiger partial charge on any atom is 0.338 e. The third-order valence-corrected chi connectivity index (χ3v) is 16.2. The van der Waals surface area contributed by atoms with Crippen molar-refractivity contribution in [1.82, 2.24) is 0 Å². The van der Waals surface area contributed by atoms with Gasteiger partial charge in [0, 0.05) is 46.3 Å². The van der Waals surface area contributed by atoms with Crippen LogP contribution in [0.2, 0.25) is 0 Å². The van der Waals surface area contributed by atoms with Gasteiger partial charge in [-0.15, -0.1) is 6.58 Å². The fourth-order valence-electron chi connectivity index (χ4n) is 10.9. The Morgan fingerprint density at radius 1 is 0.321 bits per heavy atom. The Morgan fingerprint density at radius 2 is 0.613 bits per heavy atom. The van der Waals surface area contributed by atoms with Gasteiger partial charge in [0.15, 0.2) is 49.4 Å². The molecule has 0 aromatic heterocycles. The predicted molar refractivity (Wildman–Crippen MR) is 380 cm³/mol. The van der Waals surface area contributed by atoms with Crippen LogP contribution < -0.4 is 0 Å². The highest BCUT2D eigenvalue weighted by molar-refractivity contribution is 5.93. The van der Waals surface area contributed by atoms with E-state index in [2.05, 4.69) is 6.58 Å². The number of benzene rings is 7. The molecule has 7 rings (SSSR count). The summed E-state index contributed by atoms with van der Waals surface area (Å²) < 4.78 is 72.3. The number of aliphatic hydroxyl groups excluding tert-OH is 4. The number of hydrogen-bond acceptors (Lipinski definition) is 25. The van der Waals surface area contributed by atoms with E-state index in [0.717, 1.165) is 46.0 Å². The number of aliphatic hydroxyl groups is 4. The molecule has 0 aliphatic rings. The summed E-state index contributed by atoms with van der Waals surface area (Å²) in [4.78, 5) is 127. The second kappa shape index (κ2) is 44.8. The minimum Gasteiger partial charge on any atom is -0.462 e. The molecule has 25 nitrogen and oxygen atoms in total. The lowest BCUT2D eigenvalue weighted by Gasteiger charge is -2.39. The van der Waals surface area contributed by atoms with Gasteiger partial charge in [0.05, 0.1) is 52.2 Å². The molecule has 0 radical (unpaired) electrons. The van der Waals surface area contributed by atoms with Gasteiger partial charge in [0.2, 0.25) is 0 Å². The number of unbranched alkanes of at least 4 members (excludes halogenated alkanes) is 6. The first-order chi connectivity index (χ1) is 51.3. The highest BCUT2D eigenvalue weighted by atomic mass is 16.7. The van der Waals surface area contributed by atoms with E-state index in [9.17, 15) is 63.6 Å². The van der Waals surface area contributed by atoms with Crippen molar-refractivity contribution < 1.29 is 120 Å². The monoisotopic (exact) mass is 1460 g/mol. The minimum absolute atomic E-state index is 0.0103. The van der Waals surface area contributed by atoms with Gasteiger partial charge in [-0.2, -0.15) is 0 Å². The SMILES string of the molecule is C=CCCCCCCCCOC(O)C(OC(C)=O)C(OC(O)C(OC(=O)c1ccccc1)C(OC(=O)c1ccccc1)C(CCO)OC(=O)c1ccccc1)C(CCOC(O)C(OC(=O)c1ccccc1)C(OC(=O)c1ccccc1)C(CCOC(=O)c1ccccc1)OC(=O)c1ccccc1)OC(C)=O. The first-order valence-corrected chi connectivity index (χ1v) is 34.6. The van der Waals surface area contributed by atoms with Gasteiger partial charge < -0.3 is 77.3 Å². The maximum atomic E-state index is 14.5.